The summed E-state index contributed by atoms with van der Waals surface area (Å²) in [5.41, 5.74) is 9.59. The number of hydrazone groups is 1. The first kappa shape index (κ1) is 18.7. The number of ether oxygens (including phenoxy) is 2. The summed E-state index contributed by atoms with van der Waals surface area (Å²) in [4.78, 5) is 16.8. The Morgan fingerprint density at radius 2 is 2.20 bits per heavy atom. The Labute approximate surface area is 150 Å². The molecule has 0 fully saturated rings. The van der Waals surface area contributed by atoms with Gasteiger partial charge in [-0.2, -0.15) is 5.10 Å². The Morgan fingerprint density at radius 3 is 2.84 bits per heavy atom. The molecule has 3 N–H and O–H groups in total. The Bertz CT molecular complexity index is 771. The topological polar surface area (TPSA) is 98.8 Å². The molecule has 0 atom stereocenters. The van der Waals surface area contributed by atoms with Crippen molar-refractivity contribution in [2.24, 2.45) is 5.10 Å². The lowest BCUT2D eigenvalue weighted by Gasteiger charge is -2.13. The van der Waals surface area contributed by atoms with Gasteiger partial charge in [-0.3, -0.25) is 4.79 Å². The average Bonchev–Trinajstić information content (AvgIpc) is 2.96. The van der Waals surface area contributed by atoms with E-state index in [-0.39, 0.29) is 12.0 Å². The molecule has 0 bridgehead atoms. The molecule has 0 radical (unpaired) electrons. The monoisotopic (exact) mass is 362 g/mol. The van der Waals surface area contributed by atoms with E-state index >= 15 is 0 Å². The number of nitrogen functional groups attached to an aromatic ring is 1. The second-order valence-corrected chi connectivity index (χ2v) is 6.49. The smallest absolute Gasteiger partial charge is 0.283 e. The number of nitrogens with one attached hydrogen (secondary N) is 1. The van der Waals surface area contributed by atoms with Crippen LogP contribution in [0.5, 0.6) is 11.5 Å². The Kier molecular flexibility index (Phi) is 6.35. The molecule has 0 spiro atoms. The van der Waals surface area contributed by atoms with Crippen LogP contribution >= 0.6 is 11.3 Å². The highest BCUT2D eigenvalue weighted by molar-refractivity contribution is 7.17. The minimum atomic E-state index is -0.325. The van der Waals surface area contributed by atoms with Gasteiger partial charge in [0, 0.05) is 0 Å². The minimum Gasteiger partial charge on any atom is -0.493 e. The summed E-state index contributed by atoms with van der Waals surface area (Å²) in [6.07, 6.45) is 2.22. The van der Waals surface area contributed by atoms with Gasteiger partial charge in [-0.1, -0.05) is 18.3 Å². The molecule has 0 saturated heterocycles. The summed E-state index contributed by atoms with van der Waals surface area (Å²) >= 11 is 1.15. The third-order valence-corrected chi connectivity index (χ3v) is 4.11. The molecular formula is C17H22N4O3S. The summed E-state index contributed by atoms with van der Waals surface area (Å²) in [5, 5.41) is 4.36. The van der Waals surface area contributed by atoms with Crippen molar-refractivity contribution in [2.45, 2.75) is 33.3 Å². The van der Waals surface area contributed by atoms with Gasteiger partial charge in [0.05, 0.1) is 25.1 Å². The van der Waals surface area contributed by atoms with Crippen LogP contribution in [0.4, 0.5) is 5.13 Å². The zero-order valence-electron chi connectivity index (χ0n) is 14.7. The molecule has 0 saturated carbocycles. The molecule has 7 nitrogen and oxygen atoms in total. The first-order chi connectivity index (χ1) is 11.9. The zero-order chi connectivity index (χ0) is 18.4. The van der Waals surface area contributed by atoms with Gasteiger partial charge in [-0.25, -0.2) is 10.4 Å². The summed E-state index contributed by atoms with van der Waals surface area (Å²) < 4.78 is 11.0. The highest BCUT2D eigenvalue weighted by atomic mass is 32.1. The van der Waals surface area contributed by atoms with E-state index in [2.05, 4.69) is 15.5 Å². The highest BCUT2D eigenvalue weighted by Crippen LogP contribution is 2.28. The molecule has 1 aromatic heterocycles. The predicted molar refractivity (Wildman–Crippen MR) is 99.7 cm³/mol. The molecule has 134 valence electrons. The van der Waals surface area contributed by atoms with Gasteiger partial charge in [-0.05, 0) is 44.0 Å². The average molecular weight is 362 g/mol. The minimum absolute atomic E-state index is 0.0484. The number of nitrogens with two attached hydrogens (primary N) is 1. The van der Waals surface area contributed by atoms with Crippen LogP contribution in [0.2, 0.25) is 0 Å². The maximum Gasteiger partial charge on any atom is 0.283 e. The van der Waals surface area contributed by atoms with E-state index in [1.165, 1.54) is 6.21 Å². The van der Waals surface area contributed by atoms with Crippen molar-refractivity contribution in [2.75, 3.05) is 12.8 Å². The Balaban J connectivity index is 2.07. The van der Waals surface area contributed by atoms with Gasteiger partial charge in [-0.15, -0.1) is 0 Å². The second kappa shape index (κ2) is 8.48. The van der Waals surface area contributed by atoms with Gasteiger partial charge in [0.2, 0.25) is 0 Å². The number of nitrogens with zero attached hydrogens (tertiary/aromatic N) is 2. The number of thiazole rings is 1. The lowest BCUT2D eigenvalue weighted by Crippen LogP contribution is -2.17. The summed E-state index contributed by atoms with van der Waals surface area (Å²) in [5.74, 6) is 0.938. The van der Waals surface area contributed by atoms with Crippen molar-refractivity contribution in [3.05, 3.63) is 34.3 Å². The largest absolute Gasteiger partial charge is 0.493 e. The third kappa shape index (κ3) is 4.93. The van der Waals surface area contributed by atoms with E-state index in [9.17, 15) is 4.79 Å². The first-order valence-electron chi connectivity index (χ1n) is 7.87. The van der Waals surface area contributed by atoms with Crippen LogP contribution in [0.3, 0.4) is 0 Å². The molecule has 0 aliphatic carbocycles. The number of carbonyl (C=O) groups excluding carboxylic acids is 1. The number of methoxy groups -OCH3 is 1. The van der Waals surface area contributed by atoms with Crippen molar-refractivity contribution in [1.82, 2.24) is 10.4 Å². The summed E-state index contributed by atoms with van der Waals surface area (Å²) in [7, 11) is 1.58. The molecular weight excluding hydrogens is 340 g/mol. The van der Waals surface area contributed by atoms with Gasteiger partial charge in [0.1, 0.15) is 4.88 Å². The number of anilines is 1. The van der Waals surface area contributed by atoms with Crippen molar-refractivity contribution >= 4 is 28.6 Å². The van der Waals surface area contributed by atoms with Crippen molar-refractivity contribution in [1.29, 1.82) is 0 Å². The number of rotatable bonds is 7. The Morgan fingerprint density at radius 1 is 1.44 bits per heavy atom. The summed E-state index contributed by atoms with van der Waals surface area (Å²) in [6, 6.07) is 5.43. The quantitative estimate of drug-likeness (QED) is 0.583. The fourth-order valence-corrected chi connectivity index (χ4v) is 2.93. The van der Waals surface area contributed by atoms with Crippen molar-refractivity contribution < 1.29 is 14.3 Å². The van der Waals surface area contributed by atoms with Gasteiger partial charge in [0.15, 0.2) is 16.6 Å². The van der Waals surface area contributed by atoms with Crippen LogP contribution in [0.1, 0.15) is 41.7 Å². The van der Waals surface area contributed by atoms with Crippen LogP contribution in [0.15, 0.2) is 23.3 Å². The predicted octanol–water partition coefficient (Wildman–Crippen LogP) is 2.85. The standard InChI is InChI=1S/C17H22N4O3S/c1-5-12-15(25-17(18)20-12)16(22)21-19-9-11-6-7-13(24-10(2)3)14(8-11)23-4/h6-10H,5H2,1-4H3,(H2,18,20)(H,21,22)/b19-9-. The van der Waals surface area contributed by atoms with Crippen LogP contribution in [-0.4, -0.2) is 30.3 Å². The lowest BCUT2D eigenvalue weighted by molar-refractivity contribution is 0.0958. The van der Waals surface area contributed by atoms with E-state index in [1.54, 1.807) is 19.2 Å². The van der Waals surface area contributed by atoms with Crippen molar-refractivity contribution in [3.63, 3.8) is 0 Å². The Hall–Kier alpha value is -2.61. The molecule has 1 aromatic carbocycles. The van der Waals surface area contributed by atoms with Gasteiger partial charge in [0.25, 0.3) is 5.91 Å². The van der Waals surface area contributed by atoms with Crippen molar-refractivity contribution in [3.8, 4) is 11.5 Å². The normalized spacial score (nSPS) is 11.1. The van der Waals surface area contributed by atoms with Crippen LogP contribution < -0.4 is 20.6 Å². The maximum absolute atomic E-state index is 12.2. The van der Waals surface area contributed by atoms with E-state index < -0.39 is 0 Å². The fourth-order valence-electron chi connectivity index (χ4n) is 2.12. The first-order valence-corrected chi connectivity index (χ1v) is 8.69. The third-order valence-electron chi connectivity index (χ3n) is 3.19. The SMILES string of the molecule is CCc1nc(N)sc1C(=O)N/N=C\c1ccc(OC(C)C)c(OC)c1. The number of benzene rings is 1. The van der Waals surface area contributed by atoms with Crippen LogP contribution in [-0.2, 0) is 6.42 Å². The number of carbonyl (C=O) groups is 1. The number of aryl methyl sites for hydroxylation is 1. The zero-order valence-corrected chi connectivity index (χ0v) is 15.5. The number of hydrogen-bond donors (Lipinski definition) is 2. The second-order valence-electron chi connectivity index (χ2n) is 5.46. The van der Waals surface area contributed by atoms with Gasteiger partial charge >= 0.3 is 0 Å². The van der Waals surface area contributed by atoms with E-state index in [0.29, 0.717) is 33.6 Å². The van der Waals surface area contributed by atoms with E-state index in [4.69, 9.17) is 15.2 Å². The molecule has 0 aliphatic heterocycles. The van der Waals surface area contributed by atoms with Gasteiger partial charge < -0.3 is 15.2 Å². The fraction of sp³-hybridized carbons (Fsp3) is 0.353. The molecule has 8 heteroatoms. The van der Waals surface area contributed by atoms with E-state index in [0.717, 1.165) is 16.9 Å². The molecule has 1 heterocycles. The number of hydrogen-bond acceptors (Lipinski definition) is 7. The van der Waals surface area contributed by atoms with Crippen LogP contribution in [0, 0.1) is 0 Å². The molecule has 1 amide bonds. The van der Waals surface area contributed by atoms with E-state index in [1.807, 2.05) is 26.8 Å². The molecule has 2 aromatic rings. The maximum atomic E-state index is 12.2. The molecule has 0 aliphatic rings. The number of aromatic nitrogens is 1. The highest BCUT2D eigenvalue weighted by Gasteiger charge is 2.15. The van der Waals surface area contributed by atoms with Crippen LogP contribution in [0.25, 0.3) is 0 Å². The molecule has 2 rings (SSSR count). The lowest BCUT2D eigenvalue weighted by atomic mass is 10.2. The summed E-state index contributed by atoms with van der Waals surface area (Å²) in [6.45, 7) is 5.81. The molecule has 25 heavy (non-hydrogen) atoms. The molecule has 0 unspecified atom stereocenters. The number of amides is 1.